The molecule has 2 rings (SSSR count). The monoisotopic (exact) mass is 332 g/mol. The number of carbonyl (C=O) groups is 2. The zero-order chi connectivity index (χ0) is 17.5. The van der Waals surface area contributed by atoms with Crippen molar-refractivity contribution in [3.05, 3.63) is 30.1 Å². The number of rotatable bonds is 2. The van der Waals surface area contributed by atoms with Crippen LogP contribution in [0, 0.1) is 11.7 Å². The van der Waals surface area contributed by atoms with Crippen molar-refractivity contribution in [2.75, 3.05) is 4.90 Å². The number of carbonyl (C=O) groups excluding carboxylic acids is 2. The molecule has 4 nitrogen and oxygen atoms in total. The molecule has 126 valence electrons. The Labute approximate surface area is 130 Å². The molecule has 23 heavy (non-hydrogen) atoms. The van der Waals surface area contributed by atoms with Crippen LogP contribution in [0.1, 0.15) is 20.8 Å². The highest BCUT2D eigenvalue weighted by molar-refractivity contribution is 6.03. The summed E-state index contributed by atoms with van der Waals surface area (Å²) in [4.78, 5) is 25.8. The summed E-state index contributed by atoms with van der Waals surface area (Å²) in [6.45, 7) is 4.48. The number of hydrogen-bond acceptors (Lipinski definition) is 2. The lowest BCUT2D eigenvalue weighted by Crippen LogP contribution is -2.51. The van der Waals surface area contributed by atoms with Crippen LogP contribution >= 0.6 is 0 Å². The molecule has 1 aliphatic heterocycles. The van der Waals surface area contributed by atoms with Gasteiger partial charge >= 0.3 is 12.1 Å². The van der Waals surface area contributed by atoms with E-state index in [0.29, 0.717) is 4.90 Å². The molecule has 2 atom stereocenters. The van der Waals surface area contributed by atoms with Crippen molar-refractivity contribution in [2.24, 2.45) is 5.92 Å². The predicted molar refractivity (Wildman–Crippen MR) is 74.9 cm³/mol. The van der Waals surface area contributed by atoms with Crippen LogP contribution < -0.4 is 4.90 Å². The molecule has 0 radical (unpaired) electrons. The standard InChI is InChI=1S/C15H16F4N2O2/c1-8(2)12-20(14(23)15(17,18)19)9(3)13(22)21(12)11-6-4-10(16)5-7-11/h4-9,12H,1-3H3. The number of benzene rings is 1. The molecule has 8 heteroatoms. The second-order valence-electron chi connectivity index (χ2n) is 5.73. The Bertz CT molecular complexity index is 613. The minimum absolute atomic E-state index is 0.249. The summed E-state index contributed by atoms with van der Waals surface area (Å²) in [5.74, 6) is -3.66. The Morgan fingerprint density at radius 1 is 1.17 bits per heavy atom. The molecule has 2 unspecified atom stereocenters. The van der Waals surface area contributed by atoms with Crippen LogP contribution in [0.2, 0.25) is 0 Å². The fourth-order valence-corrected chi connectivity index (χ4v) is 2.75. The SMILES string of the molecule is CC(C)C1N(c2ccc(F)cc2)C(=O)C(C)N1C(=O)C(F)(F)F. The van der Waals surface area contributed by atoms with Gasteiger partial charge in [-0.1, -0.05) is 13.8 Å². The third kappa shape index (κ3) is 3.02. The van der Waals surface area contributed by atoms with Crippen LogP contribution in [0.4, 0.5) is 23.2 Å². The fraction of sp³-hybridized carbons (Fsp3) is 0.467. The number of alkyl halides is 3. The summed E-state index contributed by atoms with van der Waals surface area (Å²) in [5.41, 5.74) is 0.249. The van der Waals surface area contributed by atoms with Gasteiger partial charge in [0.1, 0.15) is 18.0 Å². The second kappa shape index (κ2) is 5.82. The molecule has 1 fully saturated rings. The van der Waals surface area contributed by atoms with Crippen LogP contribution in [-0.4, -0.2) is 35.1 Å². The van der Waals surface area contributed by atoms with Crippen molar-refractivity contribution < 1.29 is 27.2 Å². The van der Waals surface area contributed by atoms with E-state index in [1.807, 2.05) is 0 Å². The molecule has 0 N–H and O–H groups in total. The maximum absolute atomic E-state index is 13.0. The van der Waals surface area contributed by atoms with E-state index in [-0.39, 0.29) is 5.69 Å². The molecule has 0 saturated carbocycles. The molecular weight excluding hydrogens is 316 g/mol. The number of halogens is 4. The maximum atomic E-state index is 13.0. The molecule has 1 saturated heterocycles. The Morgan fingerprint density at radius 2 is 1.70 bits per heavy atom. The van der Waals surface area contributed by atoms with Gasteiger partial charge in [0.2, 0.25) is 0 Å². The van der Waals surface area contributed by atoms with E-state index < -0.39 is 41.9 Å². The number of nitrogens with zero attached hydrogens (tertiary/aromatic N) is 2. The van der Waals surface area contributed by atoms with Crippen molar-refractivity contribution >= 4 is 17.5 Å². The molecule has 1 aromatic carbocycles. The van der Waals surface area contributed by atoms with Crippen LogP contribution in [0.25, 0.3) is 0 Å². The summed E-state index contributed by atoms with van der Waals surface area (Å²) < 4.78 is 51.6. The first-order chi connectivity index (χ1) is 10.6. The van der Waals surface area contributed by atoms with E-state index >= 15 is 0 Å². The van der Waals surface area contributed by atoms with Gasteiger partial charge in [-0.25, -0.2) is 4.39 Å². The van der Waals surface area contributed by atoms with Crippen LogP contribution in [-0.2, 0) is 9.59 Å². The smallest absolute Gasteiger partial charge is 0.302 e. The van der Waals surface area contributed by atoms with Gasteiger partial charge in [-0.2, -0.15) is 13.2 Å². The molecule has 1 heterocycles. The van der Waals surface area contributed by atoms with Crippen molar-refractivity contribution in [2.45, 2.75) is 39.2 Å². The van der Waals surface area contributed by atoms with Gasteiger partial charge < -0.3 is 4.90 Å². The maximum Gasteiger partial charge on any atom is 0.471 e. The van der Waals surface area contributed by atoms with Crippen molar-refractivity contribution in [1.82, 2.24) is 4.90 Å². The Morgan fingerprint density at radius 3 is 2.13 bits per heavy atom. The van der Waals surface area contributed by atoms with Gasteiger partial charge in [0.15, 0.2) is 0 Å². The molecular formula is C15H16F4N2O2. The first-order valence-electron chi connectivity index (χ1n) is 7.04. The highest BCUT2D eigenvalue weighted by atomic mass is 19.4. The molecule has 1 aliphatic rings. The summed E-state index contributed by atoms with van der Waals surface area (Å²) in [7, 11) is 0. The highest BCUT2D eigenvalue weighted by Crippen LogP contribution is 2.35. The summed E-state index contributed by atoms with van der Waals surface area (Å²) in [5, 5.41) is 0. The average Bonchev–Trinajstić information content (AvgIpc) is 2.71. The summed E-state index contributed by atoms with van der Waals surface area (Å²) in [6.07, 6.45) is -6.15. The van der Waals surface area contributed by atoms with E-state index in [9.17, 15) is 27.2 Å². The third-order valence-electron chi connectivity index (χ3n) is 3.74. The lowest BCUT2D eigenvalue weighted by Gasteiger charge is -2.34. The molecule has 0 bridgehead atoms. The Balaban J connectivity index is 2.49. The molecule has 0 spiro atoms. The van der Waals surface area contributed by atoms with Gasteiger partial charge in [0.05, 0.1) is 0 Å². The zero-order valence-corrected chi connectivity index (χ0v) is 12.8. The first-order valence-corrected chi connectivity index (χ1v) is 7.04. The highest BCUT2D eigenvalue weighted by Gasteiger charge is 2.55. The van der Waals surface area contributed by atoms with Gasteiger partial charge in [-0.05, 0) is 37.1 Å². The first kappa shape index (κ1) is 17.2. The Kier molecular flexibility index (Phi) is 4.37. The van der Waals surface area contributed by atoms with E-state index in [2.05, 4.69) is 0 Å². The Hall–Kier alpha value is -2.12. The van der Waals surface area contributed by atoms with E-state index in [0.717, 1.165) is 17.0 Å². The van der Waals surface area contributed by atoms with Gasteiger partial charge in [0.25, 0.3) is 5.91 Å². The average molecular weight is 332 g/mol. The molecule has 2 amide bonds. The number of amides is 2. The molecule has 0 aliphatic carbocycles. The van der Waals surface area contributed by atoms with Crippen LogP contribution in [0.15, 0.2) is 24.3 Å². The fourth-order valence-electron chi connectivity index (χ4n) is 2.75. The van der Waals surface area contributed by atoms with Crippen molar-refractivity contribution in [3.63, 3.8) is 0 Å². The number of hydrogen-bond donors (Lipinski definition) is 0. The van der Waals surface area contributed by atoms with Crippen molar-refractivity contribution in [1.29, 1.82) is 0 Å². The van der Waals surface area contributed by atoms with E-state index in [1.54, 1.807) is 13.8 Å². The van der Waals surface area contributed by atoms with Gasteiger partial charge in [-0.15, -0.1) is 0 Å². The zero-order valence-electron chi connectivity index (χ0n) is 12.8. The normalized spacial score (nSPS) is 22.2. The summed E-state index contributed by atoms with van der Waals surface area (Å²) in [6, 6.07) is 3.58. The third-order valence-corrected chi connectivity index (χ3v) is 3.74. The van der Waals surface area contributed by atoms with E-state index in [1.165, 1.54) is 19.1 Å². The van der Waals surface area contributed by atoms with Crippen molar-refractivity contribution in [3.8, 4) is 0 Å². The quantitative estimate of drug-likeness (QED) is 0.782. The van der Waals surface area contributed by atoms with Gasteiger partial charge in [0, 0.05) is 5.69 Å². The minimum Gasteiger partial charge on any atom is -0.302 e. The lowest BCUT2D eigenvalue weighted by molar-refractivity contribution is -0.189. The molecule has 1 aromatic rings. The molecule has 0 aromatic heterocycles. The summed E-state index contributed by atoms with van der Waals surface area (Å²) >= 11 is 0. The van der Waals surface area contributed by atoms with Gasteiger partial charge in [-0.3, -0.25) is 14.5 Å². The number of anilines is 1. The minimum atomic E-state index is -5.07. The van der Waals surface area contributed by atoms with E-state index in [4.69, 9.17) is 0 Å². The second-order valence-corrected chi connectivity index (χ2v) is 5.73. The predicted octanol–water partition coefficient (Wildman–Crippen LogP) is 2.93. The van der Waals surface area contributed by atoms with Crippen LogP contribution in [0.3, 0.4) is 0 Å². The van der Waals surface area contributed by atoms with Crippen LogP contribution in [0.5, 0.6) is 0 Å². The topological polar surface area (TPSA) is 40.6 Å². The lowest BCUT2D eigenvalue weighted by atomic mass is 10.1. The largest absolute Gasteiger partial charge is 0.471 e.